The van der Waals surface area contributed by atoms with Crippen molar-refractivity contribution in [3.8, 4) is 0 Å². The van der Waals surface area contributed by atoms with E-state index >= 15 is 0 Å². The van der Waals surface area contributed by atoms with Gasteiger partial charge in [-0.1, -0.05) is 46.3 Å². The molecule has 1 heterocycles. The largest absolute Gasteiger partial charge is 0.462 e. The fourth-order valence-corrected chi connectivity index (χ4v) is 6.03. The number of carbonyl (C=O) groups excluding carboxylic acids is 5. The zero-order valence-corrected chi connectivity index (χ0v) is 27.3. The van der Waals surface area contributed by atoms with Crippen molar-refractivity contribution in [1.29, 1.82) is 0 Å². The molecule has 0 spiro atoms. The molecule has 5 rings (SSSR count). The quantitative estimate of drug-likeness (QED) is 0.108. The molecular formula is C35H27BrFN3O6S. The van der Waals surface area contributed by atoms with E-state index in [1.54, 1.807) is 55.5 Å². The van der Waals surface area contributed by atoms with Crippen LogP contribution in [0.15, 0.2) is 112 Å². The van der Waals surface area contributed by atoms with Crippen molar-refractivity contribution in [3.05, 3.63) is 130 Å². The number of nitrogens with zero attached hydrogens (tertiary/aromatic N) is 1. The summed E-state index contributed by atoms with van der Waals surface area (Å²) in [7, 11) is 0. The maximum Gasteiger partial charge on any atom is 0.338 e. The summed E-state index contributed by atoms with van der Waals surface area (Å²) in [5.74, 6) is -3.48. The van der Waals surface area contributed by atoms with E-state index in [0.717, 1.165) is 15.4 Å². The van der Waals surface area contributed by atoms with Crippen LogP contribution in [0, 0.1) is 5.82 Å². The fourth-order valence-electron chi connectivity index (χ4n) is 4.66. The molecule has 238 valence electrons. The van der Waals surface area contributed by atoms with Crippen LogP contribution in [0.25, 0.3) is 6.08 Å². The van der Waals surface area contributed by atoms with Gasteiger partial charge in [-0.2, -0.15) is 0 Å². The number of ether oxygens (including phenoxy) is 1. The second-order valence-corrected chi connectivity index (χ2v) is 12.4. The van der Waals surface area contributed by atoms with Crippen LogP contribution in [0.2, 0.25) is 0 Å². The summed E-state index contributed by atoms with van der Waals surface area (Å²) in [6.07, 6.45) is 1.43. The molecule has 1 atom stereocenters. The summed E-state index contributed by atoms with van der Waals surface area (Å²) < 4.78 is 20.1. The highest BCUT2D eigenvalue weighted by Crippen LogP contribution is 2.35. The number of hydrogen-bond acceptors (Lipinski definition) is 7. The zero-order chi connectivity index (χ0) is 33.5. The summed E-state index contributed by atoms with van der Waals surface area (Å²) >= 11 is 4.54. The number of halogens is 2. The van der Waals surface area contributed by atoms with Gasteiger partial charge in [0.1, 0.15) is 11.5 Å². The summed E-state index contributed by atoms with van der Waals surface area (Å²) in [5, 5.41) is 4.55. The van der Waals surface area contributed by atoms with Gasteiger partial charge in [-0.15, -0.1) is 11.8 Å². The second-order valence-electron chi connectivity index (χ2n) is 10.2. The highest BCUT2D eigenvalue weighted by atomic mass is 79.9. The first kappa shape index (κ1) is 33.3. The van der Waals surface area contributed by atoms with Gasteiger partial charge in [0.2, 0.25) is 11.8 Å². The number of benzene rings is 4. The van der Waals surface area contributed by atoms with E-state index in [9.17, 15) is 28.4 Å². The van der Waals surface area contributed by atoms with Crippen molar-refractivity contribution in [2.24, 2.45) is 0 Å². The number of amides is 4. The van der Waals surface area contributed by atoms with Crippen LogP contribution in [-0.2, 0) is 19.1 Å². The number of thioether (sulfide) groups is 1. The highest BCUT2D eigenvalue weighted by Gasteiger charge is 2.40. The number of rotatable bonds is 10. The van der Waals surface area contributed by atoms with Gasteiger partial charge in [-0.25, -0.2) is 14.1 Å². The molecule has 4 aromatic rings. The monoisotopic (exact) mass is 715 g/mol. The minimum atomic E-state index is -0.796. The van der Waals surface area contributed by atoms with Crippen LogP contribution in [-0.4, -0.2) is 41.5 Å². The van der Waals surface area contributed by atoms with Gasteiger partial charge in [-0.05, 0) is 85.3 Å². The molecule has 1 unspecified atom stereocenters. The lowest BCUT2D eigenvalue weighted by Crippen LogP contribution is -2.31. The van der Waals surface area contributed by atoms with E-state index in [1.165, 1.54) is 60.3 Å². The Hall–Kier alpha value is -5.07. The van der Waals surface area contributed by atoms with Gasteiger partial charge < -0.3 is 15.4 Å². The lowest BCUT2D eigenvalue weighted by atomic mass is 10.1. The summed E-state index contributed by atoms with van der Waals surface area (Å²) in [5.41, 5.74) is 1.28. The predicted molar refractivity (Wildman–Crippen MR) is 180 cm³/mol. The third-order valence-electron chi connectivity index (χ3n) is 6.90. The molecule has 1 aliphatic heterocycles. The van der Waals surface area contributed by atoms with Gasteiger partial charge in [0.15, 0.2) is 0 Å². The van der Waals surface area contributed by atoms with E-state index in [-0.39, 0.29) is 30.2 Å². The van der Waals surface area contributed by atoms with Gasteiger partial charge >= 0.3 is 5.97 Å². The van der Waals surface area contributed by atoms with Crippen LogP contribution in [0.1, 0.15) is 39.6 Å². The third-order valence-corrected chi connectivity index (χ3v) is 8.61. The molecule has 0 aromatic heterocycles. The van der Waals surface area contributed by atoms with Crippen LogP contribution >= 0.6 is 27.7 Å². The van der Waals surface area contributed by atoms with Crippen molar-refractivity contribution >= 4 is 74.7 Å². The van der Waals surface area contributed by atoms with Crippen LogP contribution in [0.3, 0.4) is 0 Å². The molecule has 1 aliphatic rings. The molecule has 1 fully saturated rings. The maximum atomic E-state index is 14.3. The van der Waals surface area contributed by atoms with Crippen molar-refractivity contribution in [2.75, 3.05) is 16.8 Å². The summed E-state index contributed by atoms with van der Waals surface area (Å²) in [6.45, 7) is 1.92. The molecule has 0 aliphatic carbocycles. The number of imide groups is 1. The second kappa shape index (κ2) is 15.0. The first-order valence-corrected chi connectivity index (χ1v) is 16.1. The maximum absolute atomic E-state index is 14.3. The number of nitrogens with one attached hydrogen (secondary N) is 2. The molecule has 1 saturated heterocycles. The topological polar surface area (TPSA) is 122 Å². The fraction of sp³-hybridized carbons (Fsp3) is 0.114. The van der Waals surface area contributed by atoms with Gasteiger partial charge in [0, 0.05) is 21.5 Å². The summed E-state index contributed by atoms with van der Waals surface area (Å²) in [4.78, 5) is 66.2. The van der Waals surface area contributed by atoms with Crippen LogP contribution in [0.4, 0.5) is 15.8 Å². The average Bonchev–Trinajstić information content (AvgIpc) is 3.33. The minimum Gasteiger partial charge on any atom is -0.462 e. The molecule has 47 heavy (non-hydrogen) atoms. The van der Waals surface area contributed by atoms with E-state index < -0.39 is 34.8 Å². The molecule has 9 nitrogen and oxygen atoms in total. The summed E-state index contributed by atoms with van der Waals surface area (Å²) in [6, 6.07) is 25.2. The Balaban J connectivity index is 1.30. The van der Waals surface area contributed by atoms with Crippen LogP contribution in [0.5, 0.6) is 0 Å². The van der Waals surface area contributed by atoms with Crippen molar-refractivity contribution < 1.29 is 33.1 Å². The standard InChI is InChI=1S/C35H27BrFN3O6S/c1-2-46-35(45)22-12-16-25(17-13-22)40-31(41)20-30(34(40)44)47-26-7-5-6-24(19-26)38-33(43)29(18-21-10-14-23(36)15-11-21)39-32(42)27-8-3-4-9-28(27)37/h3-19,30H,2,20H2,1H3,(H,38,43)(H,39,42)/b29-18-. The molecule has 2 N–H and O–H groups in total. The molecular weight excluding hydrogens is 689 g/mol. The predicted octanol–water partition coefficient (Wildman–Crippen LogP) is 6.60. The Kier molecular flexibility index (Phi) is 10.6. The van der Waals surface area contributed by atoms with Gasteiger partial charge in [0.25, 0.3) is 11.8 Å². The zero-order valence-electron chi connectivity index (χ0n) is 24.9. The lowest BCUT2D eigenvalue weighted by molar-refractivity contribution is -0.121. The van der Waals surface area contributed by atoms with E-state index in [1.807, 2.05) is 0 Å². The Morgan fingerprint density at radius 1 is 0.979 bits per heavy atom. The lowest BCUT2D eigenvalue weighted by Gasteiger charge is -2.16. The molecule has 4 amide bonds. The smallest absolute Gasteiger partial charge is 0.338 e. The minimum absolute atomic E-state index is 0.0398. The van der Waals surface area contributed by atoms with Crippen LogP contribution < -0.4 is 15.5 Å². The molecule has 0 bridgehead atoms. The first-order chi connectivity index (χ1) is 22.6. The third kappa shape index (κ3) is 8.21. The number of anilines is 2. The van der Waals surface area contributed by atoms with Crippen molar-refractivity contribution in [2.45, 2.75) is 23.5 Å². The van der Waals surface area contributed by atoms with E-state index in [4.69, 9.17) is 4.74 Å². The Morgan fingerprint density at radius 3 is 2.40 bits per heavy atom. The number of hydrogen-bond donors (Lipinski definition) is 2. The first-order valence-electron chi connectivity index (χ1n) is 14.4. The van der Waals surface area contributed by atoms with Gasteiger partial charge in [-0.3, -0.25) is 19.2 Å². The normalized spacial score (nSPS) is 14.6. The van der Waals surface area contributed by atoms with E-state index in [0.29, 0.717) is 27.4 Å². The molecule has 0 radical (unpaired) electrons. The highest BCUT2D eigenvalue weighted by molar-refractivity contribution is 9.10. The van der Waals surface area contributed by atoms with Crippen molar-refractivity contribution in [1.82, 2.24) is 5.32 Å². The Labute approximate surface area is 282 Å². The SMILES string of the molecule is CCOC(=O)c1ccc(N2C(=O)CC(Sc3cccc(NC(=O)/C(=C/c4ccc(Br)cc4)NC(=O)c4ccccc4F)c3)C2=O)cc1. The number of esters is 1. The Bertz CT molecular complexity index is 1880. The van der Waals surface area contributed by atoms with Crippen molar-refractivity contribution in [3.63, 3.8) is 0 Å². The van der Waals surface area contributed by atoms with E-state index in [2.05, 4.69) is 26.6 Å². The number of carbonyl (C=O) groups is 5. The molecule has 4 aromatic carbocycles. The molecule has 12 heteroatoms. The molecule has 0 saturated carbocycles. The Morgan fingerprint density at radius 2 is 1.70 bits per heavy atom. The average molecular weight is 717 g/mol. The van der Waals surface area contributed by atoms with Gasteiger partial charge in [0.05, 0.1) is 28.7 Å².